The Bertz CT molecular complexity index is 324. The maximum atomic E-state index is 9.13. The van der Waals surface area contributed by atoms with Crippen molar-refractivity contribution in [1.82, 2.24) is 4.98 Å². The summed E-state index contributed by atoms with van der Waals surface area (Å²) in [5.74, 6) is 0.587. The van der Waals surface area contributed by atoms with Gasteiger partial charge in [-0.1, -0.05) is 0 Å². The topological polar surface area (TPSA) is 54.4 Å². The molecule has 0 saturated heterocycles. The lowest BCUT2D eigenvalue weighted by molar-refractivity contribution is 0.266. The summed E-state index contributed by atoms with van der Waals surface area (Å²) in [6.45, 7) is 0.178. The van der Waals surface area contributed by atoms with Crippen LogP contribution in [0.15, 0.2) is 18.3 Å². The van der Waals surface area contributed by atoms with Crippen LogP contribution < -0.4 is 10.1 Å². The van der Waals surface area contributed by atoms with Crippen molar-refractivity contribution in [3.8, 4) is 5.88 Å². The molecule has 2 N–H and O–H groups in total. The lowest BCUT2D eigenvalue weighted by Gasteiger charge is -2.15. The molecular formula is C10H14N2O2. The van der Waals surface area contributed by atoms with Crippen molar-refractivity contribution in [3.05, 3.63) is 18.3 Å². The highest BCUT2D eigenvalue weighted by molar-refractivity contribution is 5.49. The van der Waals surface area contributed by atoms with Crippen LogP contribution in [0.3, 0.4) is 0 Å². The molecule has 0 unspecified atom stereocenters. The van der Waals surface area contributed by atoms with Gasteiger partial charge >= 0.3 is 0 Å². The second-order valence-corrected chi connectivity index (χ2v) is 3.65. The Hall–Kier alpha value is -1.29. The van der Waals surface area contributed by atoms with Crippen molar-refractivity contribution < 1.29 is 9.84 Å². The summed E-state index contributed by atoms with van der Waals surface area (Å²) < 4.78 is 5.01. The Kier molecular flexibility index (Phi) is 2.29. The van der Waals surface area contributed by atoms with E-state index in [-0.39, 0.29) is 12.1 Å². The molecule has 14 heavy (non-hydrogen) atoms. The highest BCUT2D eigenvalue weighted by Gasteiger charge is 2.41. The highest BCUT2D eigenvalue weighted by Crippen LogP contribution is 2.38. The minimum atomic E-state index is -0.0909. The van der Waals surface area contributed by atoms with Gasteiger partial charge in [-0.25, -0.2) is 4.98 Å². The van der Waals surface area contributed by atoms with E-state index in [1.165, 1.54) is 0 Å². The van der Waals surface area contributed by atoms with Gasteiger partial charge in [-0.15, -0.1) is 0 Å². The summed E-state index contributed by atoms with van der Waals surface area (Å²) in [5.41, 5.74) is 0.857. The Balaban J connectivity index is 2.09. The molecule has 4 heteroatoms. The van der Waals surface area contributed by atoms with Gasteiger partial charge in [-0.3, -0.25) is 0 Å². The highest BCUT2D eigenvalue weighted by atomic mass is 16.5. The number of aliphatic hydroxyl groups is 1. The predicted molar refractivity (Wildman–Crippen MR) is 53.5 cm³/mol. The van der Waals surface area contributed by atoms with E-state index < -0.39 is 0 Å². The molecule has 0 aliphatic heterocycles. The normalized spacial score (nSPS) is 17.6. The molecule has 0 bridgehead atoms. The molecule has 0 aromatic carbocycles. The molecule has 1 aliphatic rings. The number of nitrogens with zero attached hydrogens (tertiary/aromatic N) is 1. The Morgan fingerprint density at radius 2 is 2.43 bits per heavy atom. The number of ether oxygens (including phenoxy) is 1. The van der Waals surface area contributed by atoms with Gasteiger partial charge in [0.15, 0.2) is 0 Å². The number of nitrogens with one attached hydrogen (secondary N) is 1. The molecule has 1 aliphatic carbocycles. The molecule has 0 amide bonds. The van der Waals surface area contributed by atoms with Crippen molar-refractivity contribution in [1.29, 1.82) is 0 Å². The Morgan fingerprint density at radius 1 is 1.64 bits per heavy atom. The van der Waals surface area contributed by atoms with Crippen molar-refractivity contribution in [2.75, 3.05) is 19.0 Å². The van der Waals surface area contributed by atoms with Crippen LogP contribution >= 0.6 is 0 Å². The molecular weight excluding hydrogens is 180 g/mol. The maximum Gasteiger partial charge on any atom is 0.214 e. The van der Waals surface area contributed by atoms with Crippen LogP contribution in [0.25, 0.3) is 0 Å². The smallest absolute Gasteiger partial charge is 0.214 e. The monoisotopic (exact) mass is 194 g/mol. The second kappa shape index (κ2) is 3.46. The summed E-state index contributed by atoms with van der Waals surface area (Å²) in [4.78, 5) is 4.01. The van der Waals surface area contributed by atoms with Crippen LogP contribution in [0, 0.1) is 0 Å². The summed E-state index contributed by atoms with van der Waals surface area (Å²) in [6.07, 6.45) is 3.73. The standard InChI is InChI=1S/C10H14N2O2/c1-14-9-6-8(2-5-11-9)12-10(7-13)3-4-10/h2,5-6,13H,3-4,7H2,1H3,(H,11,12). The zero-order valence-electron chi connectivity index (χ0n) is 8.16. The van der Waals surface area contributed by atoms with E-state index in [9.17, 15) is 0 Å². The number of methoxy groups -OCH3 is 1. The van der Waals surface area contributed by atoms with Gasteiger partial charge in [-0.2, -0.15) is 0 Å². The van der Waals surface area contributed by atoms with Gasteiger partial charge in [0, 0.05) is 18.0 Å². The van der Waals surface area contributed by atoms with E-state index >= 15 is 0 Å². The maximum absolute atomic E-state index is 9.13. The first kappa shape index (κ1) is 9.27. The third-order valence-electron chi connectivity index (χ3n) is 2.51. The fraction of sp³-hybridized carbons (Fsp3) is 0.500. The van der Waals surface area contributed by atoms with Gasteiger partial charge in [0.05, 0.1) is 19.3 Å². The number of aliphatic hydroxyl groups excluding tert-OH is 1. The zero-order valence-corrected chi connectivity index (χ0v) is 8.16. The van der Waals surface area contributed by atoms with Gasteiger partial charge in [-0.05, 0) is 18.9 Å². The quantitative estimate of drug-likeness (QED) is 0.751. The molecule has 1 aromatic heterocycles. The summed E-state index contributed by atoms with van der Waals surface area (Å²) in [7, 11) is 1.59. The first-order chi connectivity index (χ1) is 6.78. The van der Waals surface area contributed by atoms with Gasteiger partial charge < -0.3 is 15.2 Å². The molecule has 1 saturated carbocycles. The van der Waals surface area contributed by atoms with Crippen LogP contribution in [0.1, 0.15) is 12.8 Å². The van der Waals surface area contributed by atoms with E-state index in [1.54, 1.807) is 13.3 Å². The van der Waals surface area contributed by atoms with Crippen LogP contribution in [-0.2, 0) is 0 Å². The minimum absolute atomic E-state index is 0.0909. The zero-order chi connectivity index (χ0) is 10.0. The van der Waals surface area contributed by atoms with E-state index in [2.05, 4.69) is 10.3 Å². The molecule has 1 heterocycles. The number of aromatic nitrogens is 1. The summed E-state index contributed by atoms with van der Waals surface area (Å²) in [5, 5.41) is 12.4. The van der Waals surface area contributed by atoms with Crippen molar-refractivity contribution in [3.63, 3.8) is 0 Å². The number of anilines is 1. The lowest BCUT2D eigenvalue weighted by atomic mass is 10.2. The molecule has 2 rings (SSSR count). The fourth-order valence-corrected chi connectivity index (χ4v) is 1.38. The third kappa shape index (κ3) is 1.80. The fourth-order valence-electron chi connectivity index (χ4n) is 1.38. The SMILES string of the molecule is COc1cc(NC2(CO)CC2)ccn1. The lowest BCUT2D eigenvalue weighted by Crippen LogP contribution is -2.25. The number of hydrogen-bond donors (Lipinski definition) is 2. The van der Waals surface area contributed by atoms with Crippen LogP contribution in [0.4, 0.5) is 5.69 Å². The van der Waals surface area contributed by atoms with Crippen molar-refractivity contribution in [2.45, 2.75) is 18.4 Å². The number of hydrogen-bond acceptors (Lipinski definition) is 4. The van der Waals surface area contributed by atoms with Gasteiger partial charge in [0.2, 0.25) is 5.88 Å². The molecule has 0 atom stereocenters. The molecule has 1 aromatic rings. The van der Waals surface area contributed by atoms with Gasteiger partial charge in [0.25, 0.3) is 0 Å². The molecule has 4 nitrogen and oxygen atoms in total. The number of pyridine rings is 1. The van der Waals surface area contributed by atoms with Crippen LogP contribution in [0.5, 0.6) is 5.88 Å². The van der Waals surface area contributed by atoms with Crippen molar-refractivity contribution in [2.24, 2.45) is 0 Å². The second-order valence-electron chi connectivity index (χ2n) is 3.65. The first-order valence-corrected chi connectivity index (χ1v) is 4.67. The van der Waals surface area contributed by atoms with E-state index in [0.29, 0.717) is 5.88 Å². The third-order valence-corrected chi connectivity index (χ3v) is 2.51. The Labute approximate surface area is 82.9 Å². The van der Waals surface area contributed by atoms with E-state index in [1.807, 2.05) is 12.1 Å². The van der Waals surface area contributed by atoms with Crippen LogP contribution in [-0.4, -0.2) is 29.3 Å². The number of rotatable bonds is 4. The molecule has 0 radical (unpaired) electrons. The minimum Gasteiger partial charge on any atom is -0.481 e. The van der Waals surface area contributed by atoms with E-state index in [0.717, 1.165) is 18.5 Å². The summed E-state index contributed by atoms with van der Waals surface area (Å²) in [6, 6.07) is 3.70. The van der Waals surface area contributed by atoms with Crippen LogP contribution in [0.2, 0.25) is 0 Å². The molecule has 0 spiro atoms. The summed E-state index contributed by atoms with van der Waals surface area (Å²) >= 11 is 0. The van der Waals surface area contributed by atoms with Crippen molar-refractivity contribution >= 4 is 5.69 Å². The average Bonchev–Trinajstić information content (AvgIpc) is 2.99. The largest absolute Gasteiger partial charge is 0.481 e. The molecule has 1 fully saturated rings. The van der Waals surface area contributed by atoms with E-state index in [4.69, 9.17) is 9.84 Å². The first-order valence-electron chi connectivity index (χ1n) is 4.67. The molecule has 76 valence electrons. The Morgan fingerprint density at radius 3 is 3.00 bits per heavy atom. The average molecular weight is 194 g/mol. The van der Waals surface area contributed by atoms with Gasteiger partial charge in [0.1, 0.15) is 0 Å². The predicted octanol–water partition coefficient (Wildman–Crippen LogP) is 1.03.